The monoisotopic (exact) mass is 307 g/mol. The van der Waals surface area contributed by atoms with E-state index in [1.165, 1.54) is 0 Å². The highest BCUT2D eigenvalue weighted by atomic mass is 16.3. The minimum atomic E-state index is -0.246. The summed E-state index contributed by atoms with van der Waals surface area (Å²) in [6, 6.07) is 3.30. The van der Waals surface area contributed by atoms with E-state index in [4.69, 9.17) is 4.42 Å². The van der Waals surface area contributed by atoms with E-state index in [1.807, 2.05) is 30.9 Å². The lowest BCUT2D eigenvalue weighted by molar-refractivity contribution is -0.130. The summed E-state index contributed by atoms with van der Waals surface area (Å²) in [6.07, 6.45) is 3.76. The third-order valence-electron chi connectivity index (χ3n) is 3.87. The molecular formula is C16H25N3O3. The fourth-order valence-electron chi connectivity index (χ4n) is 2.58. The van der Waals surface area contributed by atoms with Crippen LogP contribution in [0.4, 0.5) is 4.79 Å². The Morgan fingerprint density at radius 2 is 2.18 bits per heavy atom. The lowest BCUT2D eigenvalue weighted by Gasteiger charge is -2.21. The standard InChI is InChI=1S/C16H25N3O3/c1-12-7-8-14(22-12)13(2)18-16(21)17-9-11-19-10-5-3-4-6-15(19)20/h7-8,13H,3-6,9-11H2,1-2H3,(H2,17,18,21). The minimum absolute atomic E-state index is 0.187. The maximum absolute atomic E-state index is 11.9. The molecule has 122 valence electrons. The number of carbonyl (C=O) groups is 2. The van der Waals surface area contributed by atoms with Gasteiger partial charge in [-0.15, -0.1) is 0 Å². The highest BCUT2D eigenvalue weighted by Gasteiger charge is 2.17. The van der Waals surface area contributed by atoms with E-state index in [1.54, 1.807) is 0 Å². The lowest BCUT2D eigenvalue weighted by Crippen LogP contribution is -2.42. The molecule has 0 spiro atoms. The number of rotatable bonds is 5. The molecule has 1 unspecified atom stereocenters. The second-order valence-corrected chi connectivity index (χ2v) is 5.76. The topological polar surface area (TPSA) is 74.6 Å². The molecule has 0 bridgehead atoms. The van der Waals surface area contributed by atoms with Crippen LogP contribution in [-0.2, 0) is 4.79 Å². The largest absolute Gasteiger partial charge is 0.464 e. The van der Waals surface area contributed by atoms with E-state index in [-0.39, 0.29) is 18.0 Å². The van der Waals surface area contributed by atoms with E-state index in [0.717, 1.165) is 37.3 Å². The first kappa shape index (κ1) is 16.4. The third kappa shape index (κ3) is 4.79. The highest BCUT2D eigenvalue weighted by molar-refractivity contribution is 5.77. The quantitative estimate of drug-likeness (QED) is 0.877. The van der Waals surface area contributed by atoms with Gasteiger partial charge in [-0.25, -0.2) is 4.79 Å². The number of urea groups is 1. The highest BCUT2D eigenvalue weighted by Crippen LogP contribution is 2.15. The molecular weight excluding hydrogens is 282 g/mol. The van der Waals surface area contributed by atoms with Crippen LogP contribution in [0.3, 0.4) is 0 Å². The smallest absolute Gasteiger partial charge is 0.315 e. The van der Waals surface area contributed by atoms with Crippen molar-refractivity contribution in [3.63, 3.8) is 0 Å². The average Bonchev–Trinajstić information content (AvgIpc) is 2.81. The summed E-state index contributed by atoms with van der Waals surface area (Å²) in [6.45, 7) is 5.57. The Bertz CT molecular complexity index is 512. The van der Waals surface area contributed by atoms with Gasteiger partial charge in [-0.05, 0) is 38.8 Å². The fourth-order valence-corrected chi connectivity index (χ4v) is 2.58. The van der Waals surface area contributed by atoms with Crippen molar-refractivity contribution in [2.45, 2.75) is 45.6 Å². The van der Waals surface area contributed by atoms with Crippen LogP contribution in [0.1, 0.15) is 50.2 Å². The summed E-state index contributed by atoms with van der Waals surface area (Å²) in [5.41, 5.74) is 0. The Balaban J connectivity index is 1.70. The molecule has 0 aromatic carbocycles. The van der Waals surface area contributed by atoms with Gasteiger partial charge in [-0.1, -0.05) is 6.42 Å². The molecule has 0 aliphatic carbocycles. The number of carbonyl (C=O) groups excluding carboxylic acids is 2. The van der Waals surface area contributed by atoms with Crippen LogP contribution in [0, 0.1) is 6.92 Å². The zero-order valence-corrected chi connectivity index (χ0v) is 13.4. The van der Waals surface area contributed by atoms with Crippen molar-refractivity contribution in [3.05, 3.63) is 23.7 Å². The average molecular weight is 307 g/mol. The van der Waals surface area contributed by atoms with Crippen LogP contribution in [0.15, 0.2) is 16.5 Å². The van der Waals surface area contributed by atoms with Gasteiger partial charge >= 0.3 is 6.03 Å². The summed E-state index contributed by atoms with van der Waals surface area (Å²) >= 11 is 0. The molecule has 6 nitrogen and oxygen atoms in total. The first-order chi connectivity index (χ1) is 10.6. The predicted molar refractivity (Wildman–Crippen MR) is 83.4 cm³/mol. The van der Waals surface area contributed by atoms with Crippen molar-refractivity contribution in [3.8, 4) is 0 Å². The molecule has 0 radical (unpaired) electrons. The maximum Gasteiger partial charge on any atom is 0.315 e. The Kier molecular flexibility index (Phi) is 5.86. The van der Waals surface area contributed by atoms with Crippen molar-refractivity contribution in [2.24, 2.45) is 0 Å². The molecule has 1 aromatic heterocycles. The number of nitrogens with zero attached hydrogens (tertiary/aromatic N) is 1. The number of likely N-dealkylation sites (tertiary alicyclic amines) is 1. The minimum Gasteiger partial charge on any atom is -0.464 e. The summed E-state index contributed by atoms with van der Waals surface area (Å²) in [4.78, 5) is 25.5. The lowest BCUT2D eigenvalue weighted by atomic mass is 10.2. The second-order valence-electron chi connectivity index (χ2n) is 5.76. The summed E-state index contributed by atoms with van der Waals surface area (Å²) in [7, 11) is 0. The number of hydrogen-bond donors (Lipinski definition) is 2. The van der Waals surface area contributed by atoms with Gasteiger partial charge < -0.3 is 20.0 Å². The first-order valence-electron chi connectivity index (χ1n) is 7.95. The molecule has 1 fully saturated rings. The Morgan fingerprint density at radius 3 is 2.91 bits per heavy atom. The van der Waals surface area contributed by atoms with Crippen LogP contribution >= 0.6 is 0 Å². The van der Waals surface area contributed by atoms with Crippen LogP contribution < -0.4 is 10.6 Å². The van der Waals surface area contributed by atoms with Crippen LogP contribution in [0.2, 0.25) is 0 Å². The molecule has 2 N–H and O–H groups in total. The van der Waals surface area contributed by atoms with Crippen molar-refractivity contribution in [1.82, 2.24) is 15.5 Å². The van der Waals surface area contributed by atoms with E-state index >= 15 is 0 Å². The van der Waals surface area contributed by atoms with Gasteiger partial charge in [-0.2, -0.15) is 0 Å². The molecule has 6 heteroatoms. The second kappa shape index (κ2) is 7.87. The van der Waals surface area contributed by atoms with Crippen molar-refractivity contribution in [1.29, 1.82) is 0 Å². The summed E-state index contributed by atoms with van der Waals surface area (Å²) < 4.78 is 5.48. The van der Waals surface area contributed by atoms with Crippen LogP contribution in [-0.4, -0.2) is 36.5 Å². The Labute approximate surface area is 131 Å². The molecule has 1 aliphatic heterocycles. The van der Waals surface area contributed by atoms with Gasteiger partial charge in [0.25, 0.3) is 0 Å². The molecule has 1 aromatic rings. The van der Waals surface area contributed by atoms with E-state index in [9.17, 15) is 9.59 Å². The van der Waals surface area contributed by atoms with E-state index < -0.39 is 0 Å². The van der Waals surface area contributed by atoms with Gasteiger partial charge in [0.2, 0.25) is 5.91 Å². The van der Waals surface area contributed by atoms with Crippen molar-refractivity contribution >= 4 is 11.9 Å². The third-order valence-corrected chi connectivity index (χ3v) is 3.87. The number of aryl methyl sites for hydroxylation is 1. The number of hydrogen-bond acceptors (Lipinski definition) is 3. The van der Waals surface area contributed by atoms with Crippen molar-refractivity contribution in [2.75, 3.05) is 19.6 Å². The maximum atomic E-state index is 11.9. The van der Waals surface area contributed by atoms with Crippen molar-refractivity contribution < 1.29 is 14.0 Å². The van der Waals surface area contributed by atoms with E-state index in [0.29, 0.717) is 19.5 Å². The van der Waals surface area contributed by atoms with Gasteiger partial charge in [0.05, 0.1) is 6.04 Å². The number of nitrogens with one attached hydrogen (secondary N) is 2. The van der Waals surface area contributed by atoms with Gasteiger partial charge in [-0.3, -0.25) is 4.79 Å². The summed E-state index contributed by atoms with van der Waals surface area (Å²) in [5, 5.41) is 5.62. The number of furan rings is 1. The molecule has 1 saturated heterocycles. The normalized spacial score (nSPS) is 17.0. The SMILES string of the molecule is Cc1ccc(C(C)NC(=O)NCCN2CCCCCC2=O)o1. The molecule has 2 rings (SSSR count). The zero-order chi connectivity index (χ0) is 15.9. The molecule has 22 heavy (non-hydrogen) atoms. The molecule has 0 saturated carbocycles. The molecule has 2 heterocycles. The molecule has 1 aliphatic rings. The van der Waals surface area contributed by atoms with Gasteiger partial charge in [0.15, 0.2) is 0 Å². The Hall–Kier alpha value is -1.98. The first-order valence-corrected chi connectivity index (χ1v) is 7.95. The predicted octanol–water partition coefficient (Wildman–Crippen LogP) is 2.35. The van der Waals surface area contributed by atoms with Crippen LogP contribution in [0.25, 0.3) is 0 Å². The van der Waals surface area contributed by atoms with Gasteiger partial charge in [0.1, 0.15) is 11.5 Å². The van der Waals surface area contributed by atoms with Gasteiger partial charge in [0, 0.05) is 26.1 Å². The van der Waals surface area contributed by atoms with Crippen LogP contribution in [0.5, 0.6) is 0 Å². The fraction of sp³-hybridized carbons (Fsp3) is 0.625. The van der Waals surface area contributed by atoms with E-state index in [2.05, 4.69) is 10.6 Å². The Morgan fingerprint density at radius 1 is 1.36 bits per heavy atom. The molecule has 1 atom stereocenters. The number of amides is 3. The summed E-state index contributed by atoms with van der Waals surface area (Å²) in [5.74, 6) is 1.75. The molecule has 3 amide bonds. The zero-order valence-electron chi connectivity index (χ0n) is 13.4.